The molecule has 1 heterocycles. The maximum Gasteiger partial charge on any atom is 0.148 e. The fraction of sp³-hybridized carbons (Fsp3) is 0. The second-order valence-corrected chi connectivity index (χ2v) is 3.75. The number of nitrogens with zero attached hydrogens (tertiary/aromatic N) is 1. The molecule has 2 rings (SSSR count). The van der Waals surface area contributed by atoms with Gasteiger partial charge in [0.15, 0.2) is 0 Å². The summed E-state index contributed by atoms with van der Waals surface area (Å²) < 4.78 is 13.9. The molecule has 0 amide bonds. The average molecular weight is 254 g/mol. The number of benzene rings is 1. The number of nitrogens with one attached hydrogen (secondary N) is 1. The summed E-state index contributed by atoms with van der Waals surface area (Å²) in [5.41, 5.74) is 6.07. The molecule has 0 bridgehead atoms. The number of hydrogen-bond donors (Lipinski definition) is 2. The predicted octanol–water partition coefficient (Wildman–Crippen LogP) is 2.52. The number of aromatic amines is 1. The van der Waals surface area contributed by atoms with Gasteiger partial charge in [-0.1, -0.05) is 15.9 Å². The van der Waals surface area contributed by atoms with Crippen LogP contribution in [0.4, 0.5) is 10.2 Å². The van der Waals surface area contributed by atoms with Gasteiger partial charge in [-0.25, -0.2) is 4.39 Å². The Kier molecular flexibility index (Phi) is 1.93. The van der Waals surface area contributed by atoms with Crippen molar-refractivity contribution in [2.45, 2.75) is 0 Å². The van der Waals surface area contributed by atoms with Gasteiger partial charge < -0.3 is 10.7 Å². The van der Waals surface area contributed by atoms with Gasteiger partial charge in [-0.3, -0.25) is 0 Å². The van der Waals surface area contributed by atoms with Crippen LogP contribution in [0.5, 0.6) is 0 Å². The van der Waals surface area contributed by atoms with Crippen molar-refractivity contribution in [2.24, 2.45) is 0 Å². The third-order valence-corrected chi connectivity index (χ3v) is 2.42. The first-order valence-corrected chi connectivity index (χ1v) is 4.59. The second-order valence-electron chi connectivity index (χ2n) is 2.84. The molecule has 0 spiro atoms. The Morgan fingerprint density at radius 2 is 2.21 bits per heavy atom. The molecule has 0 aliphatic rings. The van der Waals surface area contributed by atoms with E-state index in [9.17, 15) is 4.39 Å². The Bertz CT molecular complexity index is 553. The van der Waals surface area contributed by atoms with Crippen LogP contribution in [0.2, 0.25) is 0 Å². The van der Waals surface area contributed by atoms with Crippen molar-refractivity contribution in [1.29, 1.82) is 5.26 Å². The van der Waals surface area contributed by atoms with Gasteiger partial charge in [-0.2, -0.15) is 5.26 Å². The van der Waals surface area contributed by atoms with Gasteiger partial charge >= 0.3 is 0 Å². The lowest BCUT2D eigenvalue weighted by atomic mass is 10.2. The van der Waals surface area contributed by atoms with Gasteiger partial charge in [0.05, 0.1) is 5.52 Å². The molecule has 0 unspecified atom stereocenters. The molecule has 0 saturated carbocycles. The van der Waals surface area contributed by atoms with Crippen molar-refractivity contribution < 1.29 is 4.39 Å². The summed E-state index contributed by atoms with van der Waals surface area (Å²) in [6.07, 6.45) is 0. The standard InChI is InChI=1S/C9H5BrFN3/c10-4-1-5-6(3-12)9(13)14-8(5)7(11)2-4/h1-2,14H,13H2. The summed E-state index contributed by atoms with van der Waals surface area (Å²) in [7, 11) is 0. The van der Waals surface area contributed by atoms with Crippen molar-refractivity contribution in [3.05, 3.63) is 28.0 Å². The van der Waals surface area contributed by atoms with Gasteiger partial charge in [0, 0.05) is 9.86 Å². The van der Waals surface area contributed by atoms with Gasteiger partial charge in [0.25, 0.3) is 0 Å². The van der Waals surface area contributed by atoms with Crippen LogP contribution in [-0.4, -0.2) is 4.98 Å². The highest BCUT2D eigenvalue weighted by Crippen LogP contribution is 2.28. The third kappa shape index (κ3) is 1.16. The van der Waals surface area contributed by atoms with Crippen LogP contribution in [0, 0.1) is 17.1 Å². The first-order chi connectivity index (χ1) is 6.63. The number of aromatic nitrogens is 1. The predicted molar refractivity (Wildman–Crippen MR) is 55.1 cm³/mol. The van der Waals surface area contributed by atoms with Gasteiger partial charge in [-0.15, -0.1) is 0 Å². The van der Waals surface area contributed by atoms with Crippen LogP contribution in [0.1, 0.15) is 5.56 Å². The highest BCUT2D eigenvalue weighted by molar-refractivity contribution is 9.10. The van der Waals surface area contributed by atoms with E-state index >= 15 is 0 Å². The number of fused-ring (bicyclic) bond motifs is 1. The van der Waals surface area contributed by atoms with E-state index in [0.29, 0.717) is 9.86 Å². The van der Waals surface area contributed by atoms with E-state index < -0.39 is 5.82 Å². The Morgan fingerprint density at radius 3 is 2.86 bits per heavy atom. The molecule has 3 nitrogen and oxygen atoms in total. The Hall–Kier alpha value is -1.54. The summed E-state index contributed by atoms with van der Waals surface area (Å²) in [6, 6.07) is 4.90. The molecular formula is C9H5BrFN3. The summed E-state index contributed by atoms with van der Waals surface area (Å²) >= 11 is 3.15. The molecule has 0 aliphatic heterocycles. The lowest BCUT2D eigenvalue weighted by Gasteiger charge is -1.94. The first kappa shape index (κ1) is 9.03. The quantitative estimate of drug-likeness (QED) is 0.758. The van der Waals surface area contributed by atoms with E-state index in [1.165, 1.54) is 6.07 Å². The van der Waals surface area contributed by atoms with Gasteiger partial charge in [0.2, 0.25) is 0 Å². The maximum atomic E-state index is 13.4. The summed E-state index contributed by atoms with van der Waals surface area (Å²) in [6.45, 7) is 0. The minimum Gasteiger partial charge on any atom is -0.384 e. The van der Waals surface area contributed by atoms with Crippen LogP contribution in [0.15, 0.2) is 16.6 Å². The number of nitrogens with two attached hydrogens (primary N) is 1. The number of nitriles is 1. The number of rotatable bonds is 0. The molecule has 1 aromatic heterocycles. The van der Waals surface area contributed by atoms with Crippen molar-refractivity contribution in [1.82, 2.24) is 4.98 Å². The zero-order valence-electron chi connectivity index (χ0n) is 6.94. The number of H-pyrrole nitrogens is 1. The zero-order valence-corrected chi connectivity index (χ0v) is 8.52. The minimum atomic E-state index is -0.428. The topological polar surface area (TPSA) is 65.6 Å². The van der Waals surface area contributed by atoms with E-state index in [2.05, 4.69) is 20.9 Å². The second kappa shape index (κ2) is 3.00. The average Bonchev–Trinajstić information content (AvgIpc) is 2.41. The largest absolute Gasteiger partial charge is 0.384 e. The van der Waals surface area contributed by atoms with Crippen molar-refractivity contribution in [3.63, 3.8) is 0 Å². The molecule has 3 N–H and O–H groups in total. The van der Waals surface area contributed by atoms with E-state index in [1.54, 1.807) is 6.07 Å². The van der Waals surface area contributed by atoms with Crippen LogP contribution in [0.25, 0.3) is 10.9 Å². The smallest absolute Gasteiger partial charge is 0.148 e. The van der Waals surface area contributed by atoms with E-state index in [4.69, 9.17) is 11.0 Å². The molecule has 5 heteroatoms. The third-order valence-electron chi connectivity index (χ3n) is 1.97. The molecule has 70 valence electrons. The highest BCUT2D eigenvalue weighted by atomic mass is 79.9. The molecule has 0 saturated heterocycles. The molecule has 0 radical (unpaired) electrons. The SMILES string of the molecule is N#Cc1c(N)[nH]c2c(F)cc(Br)cc12. The molecule has 14 heavy (non-hydrogen) atoms. The van der Waals surface area contributed by atoms with Crippen molar-refractivity contribution in [3.8, 4) is 6.07 Å². The Labute approximate surface area is 87.5 Å². The van der Waals surface area contributed by atoms with Gasteiger partial charge in [0.1, 0.15) is 23.3 Å². The first-order valence-electron chi connectivity index (χ1n) is 3.79. The highest BCUT2D eigenvalue weighted by Gasteiger charge is 2.12. The number of anilines is 1. The molecule has 2 aromatic rings. The maximum absolute atomic E-state index is 13.4. The van der Waals surface area contributed by atoms with E-state index in [0.717, 1.165) is 0 Å². The number of nitrogen functional groups attached to an aromatic ring is 1. The number of hydrogen-bond acceptors (Lipinski definition) is 2. The van der Waals surface area contributed by atoms with Crippen molar-refractivity contribution in [2.75, 3.05) is 5.73 Å². The fourth-order valence-electron chi connectivity index (χ4n) is 1.36. The van der Waals surface area contributed by atoms with Gasteiger partial charge in [-0.05, 0) is 12.1 Å². The van der Waals surface area contributed by atoms with Crippen molar-refractivity contribution >= 4 is 32.7 Å². The normalized spacial score (nSPS) is 10.4. The van der Waals surface area contributed by atoms with Crippen LogP contribution >= 0.6 is 15.9 Å². The minimum absolute atomic E-state index is 0.194. The Morgan fingerprint density at radius 1 is 1.50 bits per heavy atom. The monoisotopic (exact) mass is 253 g/mol. The molecule has 0 aliphatic carbocycles. The van der Waals surface area contributed by atoms with E-state index in [-0.39, 0.29) is 16.9 Å². The van der Waals surface area contributed by atoms with Crippen LogP contribution in [0.3, 0.4) is 0 Å². The summed E-state index contributed by atoms with van der Waals surface area (Å²) in [4.78, 5) is 2.63. The zero-order chi connectivity index (χ0) is 10.3. The lowest BCUT2D eigenvalue weighted by Crippen LogP contribution is -1.86. The Balaban J connectivity index is 2.97. The lowest BCUT2D eigenvalue weighted by molar-refractivity contribution is 0.636. The summed E-state index contributed by atoms with van der Waals surface area (Å²) in [5.74, 6) is -0.234. The van der Waals surface area contributed by atoms with Crippen LogP contribution < -0.4 is 5.73 Å². The molecule has 1 aromatic carbocycles. The molecule has 0 fully saturated rings. The fourth-order valence-corrected chi connectivity index (χ4v) is 1.79. The van der Waals surface area contributed by atoms with E-state index in [1.807, 2.05) is 6.07 Å². The molecule has 0 atom stereocenters. The van der Waals surface area contributed by atoms with Crippen LogP contribution in [-0.2, 0) is 0 Å². The number of halogens is 2. The molecular weight excluding hydrogens is 249 g/mol. The summed E-state index contributed by atoms with van der Waals surface area (Å²) in [5, 5.41) is 9.30.